The molecule has 92 valence electrons. The molecule has 1 atom stereocenters. The van der Waals surface area contributed by atoms with Gasteiger partial charge in [-0.2, -0.15) is 0 Å². The third-order valence-electron chi connectivity index (χ3n) is 3.22. The van der Waals surface area contributed by atoms with Crippen molar-refractivity contribution in [3.8, 4) is 11.5 Å². The average Bonchev–Trinajstić information content (AvgIpc) is 2.94. The van der Waals surface area contributed by atoms with E-state index in [0.717, 1.165) is 22.5 Å². The second kappa shape index (κ2) is 4.03. The Balaban J connectivity index is 2.35. The molecule has 0 amide bonds. The van der Waals surface area contributed by atoms with Gasteiger partial charge in [-0.15, -0.1) is 0 Å². The monoisotopic (exact) mass is 240 g/mol. The van der Waals surface area contributed by atoms with Gasteiger partial charge in [-0.05, 0) is 38.1 Å². The lowest BCUT2D eigenvalue weighted by Gasteiger charge is -2.06. The zero-order valence-corrected chi connectivity index (χ0v) is 10.5. The van der Waals surface area contributed by atoms with E-state index in [4.69, 9.17) is 10.2 Å². The summed E-state index contributed by atoms with van der Waals surface area (Å²) in [5.41, 5.74) is 10.5. The highest BCUT2D eigenvalue weighted by molar-refractivity contribution is 5.91. The first-order chi connectivity index (χ1) is 8.66. The minimum Gasteiger partial charge on any atom is -0.463 e. The van der Waals surface area contributed by atoms with Gasteiger partial charge in [-0.3, -0.25) is 0 Å². The number of aromatic amines is 1. The number of aromatic nitrogens is 1. The molecule has 1 unspecified atom stereocenters. The van der Waals surface area contributed by atoms with E-state index in [1.807, 2.05) is 19.1 Å². The first kappa shape index (κ1) is 11.1. The number of nitrogens with one attached hydrogen (secondary N) is 1. The van der Waals surface area contributed by atoms with Gasteiger partial charge in [0, 0.05) is 22.5 Å². The Hall–Kier alpha value is -2.00. The predicted molar refractivity (Wildman–Crippen MR) is 73.3 cm³/mol. The molecule has 3 aromatic rings. The highest BCUT2D eigenvalue weighted by Gasteiger charge is 2.17. The first-order valence-electron chi connectivity index (χ1n) is 6.08. The van der Waals surface area contributed by atoms with Crippen LogP contribution in [0.4, 0.5) is 0 Å². The summed E-state index contributed by atoms with van der Waals surface area (Å²) in [5.74, 6) is 0.830. The molecule has 0 bridgehead atoms. The van der Waals surface area contributed by atoms with Crippen LogP contribution >= 0.6 is 0 Å². The number of hydrogen-bond acceptors (Lipinski definition) is 2. The molecule has 2 aromatic heterocycles. The van der Waals surface area contributed by atoms with Crippen molar-refractivity contribution in [2.24, 2.45) is 5.73 Å². The Kier molecular flexibility index (Phi) is 2.49. The van der Waals surface area contributed by atoms with Gasteiger partial charge in [0.05, 0.1) is 12.0 Å². The molecule has 3 N–H and O–H groups in total. The molecular formula is C15H16N2O. The lowest BCUT2D eigenvalue weighted by Crippen LogP contribution is -2.05. The van der Waals surface area contributed by atoms with E-state index in [-0.39, 0.29) is 6.04 Å². The normalized spacial score (nSPS) is 13.1. The number of fused-ring (bicyclic) bond motifs is 1. The van der Waals surface area contributed by atoms with Crippen LogP contribution in [0.5, 0.6) is 0 Å². The van der Waals surface area contributed by atoms with E-state index in [2.05, 4.69) is 30.1 Å². The Labute approximate surface area is 106 Å². The fourth-order valence-electron chi connectivity index (χ4n) is 2.41. The van der Waals surface area contributed by atoms with E-state index < -0.39 is 0 Å². The standard InChI is InChI=1S/C15H16N2O/c1-9-5-6-12-11(8-9)14(10(2)16)15(17-12)13-4-3-7-18-13/h3-8,10,17H,16H2,1-2H3. The summed E-state index contributed by atoms with van der Waals surface area (Å²) < 4.78 is 5.48. The minimum atomic E-state index is -0.0411. The predicted octanol–water partition coefficient (Wildman–Crippen LogP) is 3.76. The number of furan rings is 1. The second-order valence-electron chi connectivity index (χ2n) is 4.73. The summed E-state index contributed by atoms with van der Waals surface area (Å²) in [6, 6.07) is 10.1. The maximum absolute atomic E-state index is 6.12. The van der Waals surface area contributed by atoms with Crippen LogP contribution in [0.15, 0.2) is 41.0 Å². The number of H-pyrrole nitrogens is 1. The molecule has 0 aliphatic heterocycles. The van der Waals surface area contributed by atoms with Crippen LogP contribution < -0.4 is 5.73 Å². The van der Waals surface area contributed by atoms with E-state index in [0.29, 0.717) is 0 Å². The van der Waals surface area contributed by atoms with Crippen LogP contribution in [-0.4, -0.2) is 4.98 Å². The van der Waals surface area contributed by atoms with Crippen LogP contribution in [0.2, 0.25) is 0 Å². The van der Waals surface area contributed by atoms with Crippen molar-refractivity contribution in [3.05, 3.63) is 47.7 Å². The molecule has 1 aromatic carbocycles. The molecule has 3 rings (SSSR count). The zero-order chi connectivity index (χ0) is 12.7. The van der Waals surface area contributed by atoms with Crippen LogP contribution in [0.3, 0.4) is 0 Å². The van der Waals surface area contributed by atoms with Crippen molar-refractivity contribution < 1.29 is 4.42 Å². The molecule has 0 spiro atoms. The fraction of sp³-hybridized carbons (Fsp3) is 0.200. The number of nitrogens with two attached hydrogens (primary N) is 1. The molecule has 0 fully saturated rings. The van der Waals surface area contributed by atoms with Gasteiger partial charge in [0.1, 0.15) is 5.76 Å². The first-order valence-corrected chi connectivity index (χ1v) is 6.08. The summed E-state index contributed by atoms with van der Waals surface area (Å²) in [7, 11) is 0. The van der Waals surface area contributed by atoms with Crippen molar-refractivity contribution in [1.82, 2.24) is 4.98 Å². The smallest absolute Gasteiger partial charge is 0.150 e. The van der Waals surface area contributed by atoms with Gasteiger partial charge < -0.3 is 15.1 Å². The molecule has 0 saturated heterocycles. The Bertz CT molecular complexity index is 678. The summed E-state index contributed by atoms with van der Waals surface area (Å²) >= 11 is 0. The molecule has 0 aliphatic carbocycles. The van der Waals surface area contributed by atoms with E-state index in [9.17, 15) is 0 Å². The lowest BCUT2D eigenvalue weighted by atomic mass is 10.0. The molecular weight excluding hydrogens is 224 g/mol. The van der Waals surface area contributed by atoms with Crippen molar-refractivity contribution in [1.29, 1.82) is 0 Å². The zero-order valence-electron chi connectivity index (χ0n) is 10.5. The number of hydrogen-bond donors (Lipinski definition) is 2. The molecule has 18 heavy (non-hydrogen) atoms. The maximum atomic E-state index is 6.12. The second-order valence-corrected chi connectivity index (χ2v) is 4.73. The van der Waals surface area contributed by atoms with Crippen molar-refractivity contribution in [2.45, 2.75) is 19.9 Å². The largest absolute Gasteiger partial charge is 0.463 e. The van der Waals surface area contributed by atoms with Crippen LogP contribution in [-0.2, 0) is 0 Å². The van der Waals surface area contributed by atoms with Crippen LogP contribution in [0.1, 0.15) is 24.1 Å². The van der Waals surface area contributed by atoms with Gasteiger partial charge in [0.2, 0.25) is 0 Å². The Morgan fingerprint density at radius 1 is 1.28 bits per heavy atom. The lowest BCUT2D eigenvalue weighted by molar-refractivity contribution is 0.579. The van der Waals surface area contributed by atoms with Crippen molar-refractivity contribution >= 4 is 10.9 Å². The summed E-state index contributed by atoms with van der Waals surface area (Å²) in [6.07, 6.45) is 1.68. The minimum absolute atomic E-state index is 0.0411. The van der Waals surface area contributed by atoms with E-state index >= 15 is 0 Å². The summed E-state index contributed by atoms with van der Waals surface area (Å²) in [5, 5.41) is 1.18. The van der Waals surface area contributed by atoms with Gasteiger partial charge in [0.25, 0.3) is 0 Å². The Morgan fingerprint density at radius 3 is 2.78 bits per heavy atom. The molecule has 3 heteroatoms. The van der Waals surface area contributed by atoms with E-state index in [1.54, 1.807) is 6.26 Å². The van der Waals surface area contributed by atoms with Crippen molar-refractivity contribution in [2.75, 3.05) is 0 Å². The molecule has 3 nitrogen and oxygen atoms in total. The number of rotatable bonds is 2. The molecule has 0 radical (unpaired) electrons. The van der Waals surface area contributed by atoms with Gasteiger partial charge >= 0.3 is 0 Å². The topological polar surface area (TPSA) is 55.0 Å². The third kappa shape index (κ3) is 1.64. The van der Waals surface area contributed by atoms with E-state index in [1.165, 1.54) is 10.9 Å². The van der Waals surface area contributed by atoms with Gasteiger partial charge in [0.15, 0.2) is 0 Å². The SMILES string of the molecule is Cc1ccc2[nH]c(-c3ccco3)c(C(C)N)c2c1. The number of aryl methyl sites for hydroxylation is 1. The maximum Gasteiger partial charge on any atom is 0.150 e. The van der Waals surface area contributed by atoms with Gasteiger partial charge in [-0.1, -0.05) is 11.6 Å². The summed E-state index contributed by atoms with van der Waals surface area (Å²) in [4.78, 5) is 3.40. The molecule has 0 saturated carbocycles. The molecule has 0 aliphatic rings. The van der Waals surface area contributed by atoms with Gasteiger partial charge in [-0.25, -0.2) is 0 Å². The third-order valence-corrected chi connectivity index (χ3v) is 3.22. The Morgan fingerprint density at radius 2 is 2.11 bits per heavy atom. The van der Waals surface area contributed by atoms with Crippen molar-refractivity contribution in [3.63, 3.8) is 0 Å². The summed E-state index contributed by atoms with van der Waals surface area (Å²) in [6.45, 7) is 4.08. The quantitative estimate of drug-likeness (QED) is 0.716. The van der Waals surface area contributed by atoms with Crippen LogP contribution in [0.25, 0.3) is 22.4 Å². The average molecular weight is 240 g/mol. The fourth-order valence-corrected chi connectivity index (χ4v) is 2.41. The van der Waals surface area contributed by atoms with Crippen LogP contribution in [0, 0.1) is 6.92 Å². The molecule has 2 heterocycles. The highest BCUT2D eigenvalue weighted by Crippen LogP contribution is 2.34. The number of benzene rings is 1. The highest BCUT2D eigenvalue weighted by atomic mass is 16.3.